The van der Waals surface area contributed by atoms with Crippen LogP contribution in [-0.2, 0) is 14.3 Å². The molecule has 0 aromatic carbocycles. The van der Waals surface area contributed by atoms with Gasteiger partial charge in [0.25, 0.3) is 0 Å². The third-order valence-corrected chi connectivity index (χ3v) is 11.3. The minimum atomic E-state index is -0.802. The van der Waals surface area contributed by atoms with Gasteiger partial charge in [0.1, 0.15) is 6.10 Å². The molecule has 3 unspecified atom stereocenters. The van der Waals surface area contributed by atoms with Gasteiger partial charge >= 0.3 is 5.97 Å². The van der Waals surface area contributed by atoms with Gasteiger partial charge in [-0.2, -0.15) is 0 Å². The van der Waals surface area contributed by atoms with E-state index in [4.69, 9.17) is 4.74 Å². The molecule has 61 heavy (non-hydrogen) atoms. The van der Waals surface area contributed by atoms with Gasteiger partial charge in [0, 0.05) is 6.42 Å². The molecule has 0 spiro atoms. The molecule has 0 aromatic rings. The summed E-state index contributed by atoms with van der Waals surface area (Å²) < 4.78 is 5.90. The van der Waals surface area contributed by atoms with Crippen molar-refractivity contribution in [3.8, 4) is 0 Å². The fourth-order valence-electron chi connectivity index (χ4n) is 7.50. The van der Waals surface area contributed by atoms with Gasteiger partial charge in [0.05, 0.1) is 25.2 Å². The van der Waals surface area contributed by atoms with E-state index in [0.29, 0.717) is 19.3 Å². The largest absolute Gasteiger partial charge is 0.462 e. The van der Waals surface area contributed by atoms with Crippen LogP contribution in [0, 0.1) is 0 Å². The van der Waals surface area contributed by atoms with Gasteiger partial charge in [-0.3, -0.25) is 9.59 Å². The highest BCUT2D eigenvalue weighted by atomic mass is 16.5. The Hall–Kier alpha value is -2.70. The number of carbonyl (C=O) groups is 2. The van der Waals surface area contributed by atoms with Crippen LogP contribution in [0.4, 0.5) is 0 Å². The zero-order valence-electron chi connectivity index (χ0n) is 40.0. The van der Waals surface area contributed by atoms with Crippen molar-refractivity contribution in [2.45, 2.75) is 257 Å². The quantitative estimate of drug-likeness (QED) is 0.0245. The average molecular weight is 852 g/mol. The lowest BCUT2D eigenvalue weighted by Gasteiger charge is -2.24. The van der Waals surface area contributed by atoms with Gasteiger partial charge in [-0.05, 0) is 77.0 Å². The summed E-state index contributed by atoms with van der Waals surface area (Å²) in [6.07, 6.45) is 61.1. The summed E-state index contributed by atoms with van der Waals surface area (Å²) >= 11 is 0. The second-order valence-corrected chi connectivity index (χ2v) is 17.2. The third-order valence-electron chi connectivity index (χ3n) is 11.3. The molecule has 0 radical (unpaired) electrons. The number of ether oxygens (including phenoxy) is 1. The van der Waals surface area contributed by atoms with E-state index in [-0.39, 0.29) is 24.9 Å². The number of amides is 1. The van der Waals surface area contributed by atoms with Crippen molar-refractivity contribution < 1.29 is 24.5 Å². The first-order valence-corrected chi connectivity index (χ1v) is 25.7. The molecule has 352 valence electrons. The van der Waals surface area contributed by atoms with Crippen molar-refractivity contribution in [3.05, 3.63) is 72.9 Å². The van der Waals surface area contributed by atoms with Crippen LogP contribution >= 0.6 is 0 Å². The van der Waals surface area contributed by atoms with Crippen LogP contribution in [0.5, 0.6) is 0 Å². The van der Waals surface area contributed by atoms with Gasteiger partial charge in [-0.15, -0.1) is 0 Å². The van der Waals surface area contributed by atoms with Gasteiger partial charge in [-0.25, -0.2) is 0 Å². The number of hydrogen-bond acceptors (Lipinski definition) is 5. The number of aliphatic hydroxyl groups excluding tert-OH is 2. The van der Waals surface area contributed by atoms with E-state index in [1.807, 2.05) is 12.2 Å². The lowest BCUT2D eigenvalue weighted by atomic mass is 10.0. The number of esters is 1. The zero-order chi connectivity index (χ0) is 44.5. The van der Waals surface area contributed by atoms with Crippen molar-refractivity contribution in [1.29, 1.82) is 0 Å². The minimum Gasteiger partial charge on any atom is -0.462 e. The van der Waals surface area contributed by atoms with E-state index in [2.05, 4.69) is 86.8 Å². The second-order valence-electron chi connectivity index (χ2n) is 17.2. The van der Waals surface area contributed by atoms with Gasteiger partial charge < -0.3 is 20.3 Å². The summed E-state index contributed by atoms with van der Waals surface area (Å²) in [7, 11) is 0. The van der Waals surface area contributed by atoms with E-state index in [0.717, 1.165) is 96.3 Å². The van der Waals surface area contributed by atoms with Crippen molar-refractivity contribution in [2.75, 3.05) is 6.61 Å². The van der Waals surface area contributed by atoms with Crippen LogP contribution in [0.3, 0.4) is 0 Å². The Bertz CT molecular complexity index is 1140. The maximum absolute atomic E-state index is 13.2. The Labute approximate surface area is 377 Å². The van der Waals surface area contributed by atoms with Crippen LogP contribution < -0.4 is 5.32 Å². The Balaban J connectivity index is 4.56. The van der Waals surface area contributed by atoms with Crippen LogP contribution in [0.15, 0.2) is 72.9 Å². The minimum absolute atomic E-state index is 0.0466. The maximum atomic E-state index is 13.2. The van der Waals surface area contributed by atoms with Gasteiger partial charge in [0.15, 0.2) is 0 Å². The molecule has 3 atom stereocenters. The van der Waals surface area contributed by atoms with Crippen molar-refractivity contribution in [3.63, 3.8) is 0 Å². The number of unbranched alkanes of at least 4 members (excludes halogenated alkanes) is 23. The molecular formula is C55H97NO5. The summed E-state index contributed by atoms with van der Waals surface area (Å²) in [6.45, 7) is 6.23. The Morgan fingerprint density at radius 3 is 1.54 bits per heavy atom. The fraction of sp³-hybridized carbons (Fsp3) is 0.745. The Morgan fingerprint density at radius 2 is 0.967 bits per heavy atom. The van der Waals surface area contributed by atoms with E-state index >= 15 is 0 Å². The number of carbonyl (C=O) groups excluding carboxylic acids is 2. The third kappa shape index (κ3) is 43.7. The topological polar surface area (TPSA) is 95.9 Å². The maximum Gasteiger partial charge on any atom is 0.306 e. The molecule has 6 heteroatoms. The number of allylic oxidation sites excluding steroid dienone is 12. The lowest BCUT2D eigenvalue weighted by Crippen LogP contribution is -2.46. The van der Waals surface area contributed by atoms with Crippen LogP contribution in [0.25, 0.3) is 0 Å². The number of rotatable bonds is 45. The Kier molecular flexibility index (Phi) is 46.2. The fourth-order valence-corrected chi connectivity index (χ4v) is 7.50. The predicted octanol–water partition coefficient (Wildman–Crippen LogP) is 15.4. The van der Waals surface area contributed by atoms with E-state index in [1.165, 1.54) is 96.3 Å². The standard InChI is InChI=1S/C55H97NO5/c1-4-7-10-13-16-19-22-24-26-28-30-33-36-39-42-45-48-55(60)61-51(46-43-40-37-34-31-21-18-15-12-9-6-3)49-54(59)56-52(50-57)53(58)47-44-41-38-35-32-29-27-25-23-20-17-14-11-8-5-2/h7,9-10,12,15-16,18-19,21,24,26,31,51-53,57-58H,4-6,8,11,13-14,17,20,22-23,25,27-30,32-50H2,1-3H3,(H,56,59)/b10-7+,12-9+,18-15+,19-16+,26-24+,31-21-. The molecule has 0 aliphatic carbocycles. The summed E-state index contributed by atoms with van der Waals surface area (Å²) in [5.41, 5.74) is 0. The lowest BCUT2D eigenvalue weighted by molar-refractivity contribution is -0.151. The summed E-state index contributed by atoms with van der Waals surface area (Å²) in [5, 5.41) is 23.8. The van der Waals surface area contributed by atoms with Crippen LogP contribution in [-0.4, -0.2) is 46.9 Å². The molecule has 0 heterocycles. The second kappa shape index (κ2) is 48.3. The van der Waals surface area contributed by atoms with Crippen molar-refractivity contribution >= 4 is 11.9 Å². The predicted molar refractivity (Wildman–Crippen MR) is 264 cm³/mol. The monoisotopic (exact) mass is 852 g/mol. The first kappa shape index (κ1) is 58.3. The number of aliphatic hydroxyl groups is 2. The highest BCUT2D eigenvalue weighted by Gasteiger charge is 2.24. The summed E-state index contributed by atoms with van der Waals surface area (Å²) in [5.74, 6) is -0.525. The SMILES string of the molecule is CC/C=C/C=C/C=C\CCCCCC(CC(=O)NC(CO)C(O)CCCCCCCCCCCCCCCCC)OC(=O)CCCCCCCC/C=C/C/C=C/C/C=C/CC. The molecule has 0 saturated heterocycles. The highest BCUT2D eigenvalue weighted by Crippen LogP contribution is 2.17. The number of hydrogen-bond donors (Lipinski definition) is 3. The van der Waals surface area contributed by atoms with Crippen molar-refractivity contribution in [2.24, 2.45) is 0 Å². The molecular weight excluding hydrogens is 755 g/mol. The molecule has 3 N–H and O–H groups in total. The van der Waals surface area contributed by atoms with E-state index in [9.17, 15) is 19.8 Å². The highest BCUT2D eigenvalue weighted by molar-refractivity contribution is 5.77. The summed E-state index contributed by atoms with van der Waals surface area (Å²) in [4.78, 5) is 26.1. The van der Waals surface area contributed by atoms with E-state index < -0.39 is 18.2 Å². The molecule has 0 saturated carbocycles. The number of nitrogens with one attached hydrogen (secondary N) is 1. The molecule has 0 aromatic heterocycles. The molecule has 0 fully saturated rings. The molecule has 0 aliphatic rings. The van der Waals surface area contributed by atoms with Crippen LogP contribution in [0.2, 0.25) is 0 Å². The first-order chi connectivity index (χ1) is 30.0. The molecule has 0 bridgehead atoms. The van der Waals surface area contributed by atoms with Gasteiger partial charge in [-0.1, -0.05) is 222 Å². The van der Waals surface area contributed by atoms with Crippen molar-refractivity contribution in [1.82, 2.24) is 5.32 Å². The average Bonchev–Trinajstić information content (AvgIpc) is 3.25. The normalized spacial score (nSPS) is 13.9. The van der Waals surface area contributed by atoms with Crippen LogP contribution in [0.1, 0.15) is 239 Å². The zero-order valence-corrected chi connectivity index (χ0v) is 40.0. The molecule has 0 aliphatic heterocycles. The molecule has 1 amide bonds. The van der Waals surface area contributed by atoms with E-state index in [1.54, 1.807) is 0 Å². The van der Waals surface area contributed by atoms with Gasteiger partial charge in [0.2, 0.25) is 5.91 Å². The first-order valence-electron chi connectivity index (χ1n) is 25.7. The summed E-state index contributed by atoms with van der Waals surface area (Å²) in [6, 6.07) is -0.718. The smallest absolute Gasteiger partial charge is 0.306 e. The molecule has 0 rings (SSSR count). The molecule has 6 nitrogen and oxygen atoms in total. The Morgan fingerprint density at radius 1 is 0.508 bits per heavy atom.